The van der Waals surface area contributed by atoms with Crippen LogP contribution in [0.3, 0.4) is 0 Å². The van der Waals surface area contributed by atoms with Gasteiger partial charge < -0.3 is 10.2 Å². The normalized spacial score (nSPS) is 10.4. The van der Waals surface area contributed by atoms with Gasteiger partial charge in [-0.15, -0.1) is 5.10 Å². The van der Waals surface area contributed by atoms with Gasteiger partial charge in [0.25, 0.3) is 5.91 Å². The summed E-state index contributed by atoms with van der Waals surface area (Å²) in [6.45, 7) is 1.42. The number of tetrazole rings is 1. The number of hydrogen-bond donors (Lipinski definition) is 1. The van der Waals surface area contributed by atoms with Crippen molar-refractivity contribution in [1.29, 1.82) is 0 Å². The Morgan fingerprint density at radius 2 is 2.32 bits per heavy atom. The van der Waals surface area contributed by atoms with Crippen molar-refractivity contribution in [2.24, 2.45) is 0 Å². The van der Waals surface area contributed by atoms with E-state index in [9.17, 15) is 4.79 Å². The maximum Gasteiger partial charge on any atom is 0.253 e. The molecule has 0 saturated heterocycles. The number of amides is 1. The molecule has 7 nitrogen and oxygen atoms in total. The fourth-order valence-corrected chi connectivity index (χ4v) is 1.66. The van der Waals surface area contributed by atoms with Gasteiger partial charge in [0.05, 0.1) is 5.69 Å². The first kappa shape index (κ1) is 13.2. The molecule has 19 heavy (non-hydrogen) atoms. The quantitative estimate of drug-likeness (QED) is 0.816. The van der Waals surface area contributed by atoms with Crippen molar-refractivity contribution in [3.05, 3.63) is 36.2 Å². The van der Waals surface area contributed by atoms with E-state index in [1.54, 1.807) is 24.1 Å². The van der Waals surface area contributed by atoms with Gasteiger partial charge in [0.2, 0.25) is 0 Å². The van der Waals surface area contributed by atoms with E-state index in [1.165, 1.54) is 11.0 Å². The molecule has 0 atom stereocenters. The van der Waals surface area contributed by atoms with Crippen LogP contribution >= 0.6 is 0 Å². The Labute approximate surface area is 111 Å². The van der Waals surface area contributed by atoms with E-state index in [1.807, 2.05) is 19.2 Å². The van der Waals surface area contributed by atoms with Crippen LogP contribution in [0.15, 0.2) is 30.6 Å². The number of benzene rings is 1. The molecule has 0 saturated carbocycles. The van der Waals surface area contributed by atoms with Crippen molar-refractivity contribution in [3.63, 3.8) is 0 Å². The van der Waals surface area contributed by atoms with Crippen molar-refractivity contribution in [2.75, 3.05) is 27.2 Å². The van der Waals surface area contributed by atoms with Crippen molar-refractivity contribution >= 4 is 5.91 Å². The van der Waals surface area contributed by atoms with Crippen LogP contribution in [0, 0.1) is 0 Å². The number of aromatic nitrogens is 4. The van der Waals surface area contributed by atoms with Crippen molar-refractivity contribution in [3.8, 4) is 5.69 Å². The first-order valence-corrected chi connectivity index (χ1v) is 5.96. The van der Waals surface area contributed by atoms with Crippen LogP contribution in [0.5, 0.6) is 0 Å². The van der Waals surface area contributed by atoms with Crippen LogP contribution in [0.1, 0.15) is 10.4 Å². The standard InChI is InChI=1S/C12H16N6O/c1-13-6-7-17(2)12(19)10-4-3-5-11(8-10)18-9-14-15-16-18/h3-5,8-9,13H,6-7H2,1-2H3. The summed E-state index contributed by atoms with van der Waals surface area (Å²) in [7, 11) is 3.64. The van der Waals surface area contributed by atoms with Crippen LogP contribution in [0.2, 0.25) is 0 Å². The second-order valence-corrected chi connectivity index (χ2v) is 4.13. The lowest BCUT2D eigenvalue weighted by Gasteiger charge is -2.17. The number of rotatable bonds is 5. The molecule has 1 N–H and O–H groups in total. The summed E-state index contributed by atoms with van der Waals surface area (Å²) in [4.78, 5) is 13.9. The molecule has 1 aromatic carbocycles. The van der Waals surface area contributed by atoms with Gasteiger partial charge in [-0.3, -0.25) is 4.79 Å². The van der Waals surface area contributed by atoms with E-state index >= 15 is 0 Å². The average molecular weight is 260 g/mol. The van der Waals surface area contributed by atoms with E-state index in [4.69, 9.17) is 0 Å². The second-order valence-electron chi connectivity index (χ2n) is 4.13. The third kappa shape index (κ3) is 3.14. The Morgan fingerprint density at radius 1 is 1.47 bits per heavy atom. The smallest absolute Gasteiger partial charge is 0.253 e. The summed E-state index contributed by atoms with van der Waals surface area (Å²) in [6, 6.07) is 7.22. The lowest BCUT2D eigenvalue weighted by Crippen LogP contribution is -2.32. The molecule has 0 aliphatic carbocycles. The molecular weight excluding hydrogens is 244 g/mol. The minimum absolute atomic E-state index is 0.0230. The zero-order chi connectivity index (χ0) is 13.7. The first-order chi connectivity index (χ1) is 9.22. The van der Waals surface area contributed by atoms with Crippen LogP contribution in [-0.2, 0) is 0 Å². The zero-order valence-corrected chi connectivity index (χ0v) is 10.9. The molecule has 0 aliphatic heterocycles. The largest absolute Gasteiger partial charge is 0.340 e. The van der Waals surface area contributed by atoms with E-state index in [0.29, 0.717) is 12.1 Å². The molecule has 0 fully saturated rings. The lowest BCUT2D eigenvalue weighted by molar-refractivity contribution is 0.0797. The Bertz CT molecular complexity index is 539. The number of carbonyl (C=O) groups excluding carboxylic acids is 1. The molecule has 0 radical (unpaired) electrons. The Morgan fingerprint density at radius 3 is 3.00 bits per heavy atom. The molecule has 0 spiro atoms. The van der Waals surface area contributed by atoms with Crippen LogP contribution in [0.4, 0.5) is 0 Å². The molecule has 1 heterocycles. The summed E-state index contributed by atoms with van der Waals surface area (Å²) in [5.41, 5.74) is 1.38. The molecule has 100 valence electrons. The maximum atomic E-state index is 12.2. The molecule has 0 bridgehead atoms. The molecule has 2 rings (SSSR count). The van der Waals surface area contributed by atoms with E-state index < -0.39 is 0 Å². The summed E-state index contributed by atoms with van der Waals surface area (Å²) in [5, 5.41) is 14.0. The highest BCUT2D eigenvalue weighted by Gasteiger charge is 2.12. The molecule has 7 heteroatoms. The summed E-state index contributed by atoms with van der Waals surface area (Å²) in [6.07, 6.45) is 1.49. The van der Waals surface area contributed by atoms with E-state index in [0.717, 1.165) is 12.2 Å². The average Bonchev–Trinajstić information content (AvgIpc) is 2.98. The van der Waals surface area contributed by atoms with Gasteiger partial charge in [0, 0.05) is 25.7 Å². The van der Waals surface area contributed by atoms with Gasteiger partial charge in [-0.05, 0) is 35.7 Å². The second kappa shape index (κ2) is 6.05. The highest BCUT2D eigenvalue weighted by atomic mass is 16.2. The van der Waals surface area contributed by atoms with E-state index in [2.05, 4.69) is 20.8 Å². The number of nitrogens with one attached hydrogen (secondary N) is 1. The number of carbonyl (C=O) groups is 1. The first-order valence-electron chi connectivity index (χ1n) is 5.96. The van der Waals surface area contributed by atoms with Crippen molar-refractivity contribution < 1.29 is 4.79 Å². The number of likely N-dealkylation sites (N-methyl/N-ethyl adjacent to an activating group) is 2. The van der Waals surface area contributed by atoms with Crippen LogP contribution in [0.25, 0.3) is 5.69 Å². The zero-order valence-electron chi connectivity index (χ0n) is 10.9. The summed E-state index contributed by atoms with van der Waals surface area (Å²) in [5.74, 6) is -0.0230. The van der Waals surface area contributed by atoms with Gasteiger partial charge in [-0.2, -0.15) is 0 Å². The van der Waals surface area contributed by atoms with Gasteiger partial charge in [-0.25, -0.2) is 4.68 Å². The van der Waals surface area contributed by atoms with Crippen molar-refractivity contribution in [2.45, 2.75) is 0 Å². The van der Waals surface area contributed by atoms with Crippen LogP contribution in [-0.4, -0.2) is 58.2 Å². The predicted molar refractivity (Wildman–Crippen MR) is 70.0 cm³/mol. The Balaban J connectivity index is 2.17. The molecule has 1 aromatic heterocycles. The predicted octanol–water partition coefficient (Wildman–Crippen LogP) is -0.0463. The van der Waals surface area contributed by atoms with Gasteiger partial charge in [0.1, 0.15) is 6.33 Å². The van der Waals surface area contributed by atoms with E-state index in [-0.39, 0.29) is 5.91 Å². The third-order valence-electron chi connectivity index (χ3n) is 2.75. The molecular formula is C12H16N6O. The number of nitrogens with zero attached hydrogens (tertiary/aromatic N) is 5. The highest BCUT2D eigenvalue weighted by molar-refractivity contribution is 5.94. The highest BCUT2D eigenvalue weighted by Crippen LogP contribution is 2.10. The van der Waals surface area contributed by atoms with Gasteiger partial charge in [0.15, 0.2) is 0 Å². The molecule has 0 unspecified atom stereocenters. The summed E-state index contributed by atoms with van der Waals surface area (Å²) >= 11 is 0. The molecule has 2 aromatic rings. The minimum atomic E-state index is -0.0230. The Hall–Kier alpha value is -2.28. The Kier molecular flexibility index (Phi) is 4.19. The third-order valence-corrected chi connectivity index (χ3v) is 2.75. The van der Waals surface area contributed by atoms with Gasteiger partial charge in [-0.1, -0.05) is 6.07 Å². The summed E-state index contributed by atoms with van der Waals surface area (Å²) < 4.78 is 1.52. The monoisotopic (exact) mass is 260 g/mol. The topological polar surface area (TPSA) is 75.9 Å². The fourth-order valence-electron chi connectivity index (χ4n) is 1.66. The van der Waals surface area contributed by atoms with Crippen LogP contribution < -0.4 is 5.32 Å². The van der Waals surface area contributed by atoms with Gasteiger partial charge >= 0.3 is 0 Å². The minimum Gasteiger partial charge on any atom is -0.340 e. The van der Waals surface area contributed by atoms with Crippen molar-refractivity contribution in [1.82, 2.24) is 30.4 Å². The fraction of sp³-hybridized carbons (Fsp3) is 0.333. The molecule has 0 aliphatic rings. The maximum absolute atomic E-state index is 12.2. The SMILES string of the molecule is CNCCN(C)C(=O)c1cccc(-n2cnnn2)c1. The molecule has 1 amide bonds. The lowest BCUT2D eigenvalue weighted by atomic mass is 10.2. The number of hydrogen-bond acceptors (Lipinski definition) is 5.